The summed E-state index contributed by atoms with van der Waals surface area (Å²) in [5.74, 6) is 1.61. The molecule has 26 heavy (non-hydrogen) atoms. The molecular weight excluding hydrogens is 326 g/mol. The third kappa shape index (κ3) is 4.96. The van der Waals surface area contributed by atoms with Crippen LogP contribution < -0.4 is 10.1 Å². The van der Waals surface area contributed by atoms with Crippen molar-refractivity contribution < 1.29 is 9.53 Å². The summed E-state index contributed by atoms with van der Waals surface area (Å²) in [4.78, 5) is 16.3. The van der Waals surface area contributed by atoms with Crippen molar-refractivity contribution in [3.63, 3.8) is 0 Å². The second-order valence-electron chi connectivity index (χ2n) is 6.30. The fourth-order valence-electron chi connectivity index (χ4n) is 2.67. The van der Waals surface area contributed by atoms with Crippen LogP contribution in [0.25, 0.3) is 0 Å². The van der Waals surface area contributed by atoms with Gasteiger partial charge in [-0.3, -0.25) is 4.79 Å². The van der Waals surface area contributed by atoms with Crippen LogP contribution in [0.2, 0.25) is 0 Å². The van der Waals surface area contributed by atoms with Crippen LogP contribution in [0.5, 0.6) is 5.75 Å². The number of imidazole rings is 1. The molecule has 0 aliphatic carbocycles. The second-order valence-corrected chi connectivity index (χ2v) is 6.30. The summed E-state index contributed by atoms with van der Waals surface area (Å²) in [6, 6.07) is 15.6. The zero-order valence-electron chi connectivity index (χ0n) is 15.1. The molecule has 0 aliphatic rings. The highest BCUT2D eigenvalue weighted by molar-refractivity contribution is 5.90. The predicted octanol–water partition coefficient (Wildman–Crippen LogP) is 3.88. The Hall–Kier alpha value is -3.08. The number of aryl methyl sites for hydroxylation is 3. The summed E-state index contributed by atoms with van der Waals surface area (Å²) in [6.07, 6.45) is 4.82. The molecule has 1 aromatic heterocycles. The smallest absolute Gasteiger partial charge is 0.224 e. The maximum Gasteiger partial charge on any atom is 0.224 e. The van der Waals surface area contributed by atoms with Gasteiger partial charge in [-0.15, -0.1) is 0 Å². The largest absolute Gasteiger partial charge is 0.486 e. The minimum atomic E-state index is 0.00758. The Labute approximate surface area is 153 Å². The summed E-state index contributed by atoms with van der Waals surface area (Å²) in [7, 11) is 1.93. The van der Waals surface area contributed by atoms with Crippen LogP contribution in [0, 0.1) is 6.92 Å². The first-order valence-corrected chi connectivity index (χ1v) is 8.64. The average molecular weight is 349 g/mol. The molecule has 0 saturated heterocycles. The number of benzene rings is 2. The molecule has 3 rings (SSSR count). The number of carbonyl (C=O) groups excluding carboxylic acids is 1. The van der Waals surface area contributed by atoms with E-state index in [1.54, 1.807) is 6.20 Å². The van der Waals surface area contributed by atoms with Gasteiger partial charge in [-0.25, -0.2) is 4.98 Å². The summed E-state index contributed by atoms with van der Waals surface area (Å²) in [6.45, 7) is 2.47. The van der Waals surface area contributed by atoms with Crippen molar-refractivity contribution in [1.82, 2.24) is 9.55 Å². The van der Waals surface area contributed by atoms with E-state index < -0.39 is 0 Å². The molecule has 1 amide bonds. The number of anilines is 1. The van der Waals surface area contributed by atoms with Gasteiger partial charge < -0.3 is 14.6 Å². The van der Waals surface area contributed by atoms with Gasteiger partial charge in [-0.05, 0) is 43.2 Å². The number of hydrogen-bond donors (Lipinski definition) is 1. The number of nitrogens with one attached hydrogen (secondary N) is 1. The van der Waals surface area contributed by atoms with E-state index in [0.717, 1.165) is 23.7 Å². The highest BCUT2D eigenvalue weighted by atomic mass is 16.5. The standard InChI is InChI=1S/C21H23N3O2/c1-16-4-3-5-17(14-16)6-11-21(25)23-18-7-9-19(10-8-18)26-15-20-22-12-13-24(20)2/h3-5,7-10,12-14H,6,11,15H2,1-2H3,(H,23,25). The molecule has 0 unspecified atom stereocenters. The van der Waals surface area contributed by atoms with E-state index in [1.807, 2.05) is 54.2 Å². The summed E-state index contributed by atoms with van der Waals surface area (Å²) < 4.78 is 7.63. The first-order valence-electron chi connectivity index (χ1n) is 8.64. The zero-order valence-corrected chi connectivity index (χ0v) is 15.1. The Kier molecular flexibility index (Phi) is 5.69. The molecule has 0 spiro atoms. The number of ether oxygens (including phenoxy) is 1. The van der Waals surface area contributed by atoms with Gasteiger partial charge in [-0.2, -0.15) is 0 Å². The molecule has 1 N–H and O–H groups in total. The Balaban J connectivity index is 1.47. The molecule has 0 saturated carbocycles. The topological polar surface area (TPSA) is 56.1 Å². The van der Waals surface area contributed by atoms with Gasteiger partial charge in [0.2, 0.25) is 5.91 Å². The average Bonchev–Trinajstić information content (AvgIpc) is 3.04. The van der Waals surface area contributed by atoms with E-state index in [9.17, 15) is 4.79 Å². The Morgan fingerprint density at radius 3 is 2.69 bits per heavy atom. The highest BCUT2D eigenvalue weighted by Gasteiger charge is 2.05. The van der Waals surface area contributed by atoms with Gasteiger partial charge in [0.05, 0.1) is 0 Å². The van der Waals surface area contributed by atoms with E-state index in [-0.39, 0.29) is 5.91 Å². The molecule has 0 bridgehead atoms. The fraction of sp³-hybridized carbons (Fsp3) is 0.238. The van der Waals surface area contributed by atoms with Crippen molar-refractivity contribution in [3.05, 3.63) is 77.9 Å². The molecule has 134 valence electrons. The number of hydrogen-bond acceptors (Lipinski definition) is 3. The normalized spacial score (nSPS) is 10.5. The van der Waals surface area contributed by atoms with Crippen LogP contribution in [-0.2, 0) is 24.9 Å². The molecule has 1 heterocycles. The molecule has 3 aromatic rings. The summed E-state index contributed by atoms with van der Waals surface area (Å²) in [5.41, 5.74) is 3.16. The van der Waals surface area contributed by atoms with Crippen LogP contribution in [0.1, 0.15) is 23.4 Å². The van der Waals surface area contributed by atoms with Crippen molar-refractivity contribution in [2.75, 3.05) is 5.32 Å². The third-order valence-corrected chi connectivity index (χ3v) is 4.15. The van der Waals surface area contributed by atoms with E-state index >= 15 is 0 Å². The highest BCUT2D eigenvalue weighted by Crippen LogP contribution is 2.17. The SMILES string of the molecule is Cc1cccc(CCC(=O)Nc2ccc(OCc3nccn3C)cc2)c1. The van der Waals surface area contributed by atoms with Crippen LogP contribution in [0.15, 0.2) is 60.9 Å². The van der Waals surface area contributed by atoms with Crippen LogP contribution in [0.4, 0.5) is 5.69 Å². The molecule has 0 fully saturated rings. The lowest BCUT2D eigenvalue weighted by molar-refractivity contribution is -0.116. The second kappa shape index (κ2) is 8.34. The Morgan fingerprint density at radius 2 is 2.00 bits per heavy atom. The van der Waals surface area contributed by atoms with Crippen LogP contribution in [-0.4, -0.2) is 15.5 Å². The number of aromatic nitrogens is 2. The minimum Gasteiger partial charge on any atom is -0.486 e. The fourth-order valence-corrected chi connectivity index (χ4v) is 2.67. The molecule has 2 aromatic carbocycles. The molecule has 5 nitrogen and oxygen atoms in total. The van der Waals surface area contributed by atoms with Crippen LogP contribution in [0.3, 0.4) is 0 Å². The lowest BCUT2D eigenvalue weighted by atomic mass is 10.1. The first-order chi connectivity index (χ1) is 12.6. The molecule has 0 radical (unpaired) electrons. The van der Waals surface area contributed by atoms with Gasteiger partial charge in [0.15, 0.2) is 0 Å². The number of carbonyl (C=O) groups is 1. The number of amides is 1. The van der Waals surface area contributed by atoms with Gasteiger partial charge in [0.25, 0.3) is 0 Å². The van der Waals surface area contributed by atoms with Crippen LogP contribution >= 0.6 is 0 Å². The maximum atomic E-state index is 12.1. The lowest BCUT2D eigenvalue weighted by Crippen LogP contribution is -2.12. The van der Waals surface area contributed by atoms with Crippen molar-refractivity contribution in [2.45, 2.75) is 26.4 Å². The molecular formula is C21H23N3O2. The lowest BCUT2D eigenvalue weighted by Gasteiger charge is -2.09. The quantitative estimate of drug-likeness (QED) is 0.704. The van der Waals surface area contributed by atoms with Crippen molar-refractivity contribution >= 4 is 11.6 Å². The van der Waals surface area contributed by atoms with E-state index in [4.69, 9.17) is 4.74 Å². The third-order valence-electron chi connectivity index (χ3n) is 4.15. The van der Waals surface area contributed by atoms with Crippen molar-refractivity contribution in [1.29, 1.82) is 0 Å². The number of rotatable bonds is 7. The van der Waals surface area contributed by atoms with Gasteiger partial charge in [0.1, 0.15) is 18.2 Å². The van der Waals surface area contributed by atoms with E-state index in [0.29, 0.717) is 13.0 Å². The van der Waals surface area contributed by atoms with Crippen molar-refractivity contribution in [2.24, 2.45) is 7.05 Å². The number of nitrogens with zero attached hydrogens (tertiary/aromatic N) is 2. The van der Waals surface area contributed by atoms with Gasteiger partial charge in [0, 0.05) is 31.5 Å². The van der Waals surface area contributed by atoms with Gasteiger partial charge in [-0.1, -0.05) is 29.8 Å². The molecule has 0 aliphatic heterocycles. The monoisotopic (exact) mass is 349 g/mol. The Bertz CT molecular complexity index is 869. The zero-order chi connectivity index (χ0) is 18.4. The first kappa shape index (κ1) is 17.7. The van der Waals surface area contributed by atoms with E-state index in [2.05, 4.69) is 29.4 Å². The molecule has 5 heteroatoms. The Morgan fingerprint density at radius 1 is 1.19 bits per heavy atom. The minimum absolute atomic E-state index is 0.00758. The molecule has 0 atom stereocenters. The summed E-state index contributed by atoms with van der Waals surface area (Å²) >= 11 is 0. The van der Waals surface area contributed by atoms with E-state index in [1.165, 1.54) is 11.1 Å². The van der Waals surface area contributed by atoms with Crippen molar-refractivity contribution in [3.8, 4) is 5.75 Å². The van der Waals surface area contributed by atoms with Gasteiger partial charge >= 0.3 is 0 Å². The maximum absolute atomic E-state index is 12.1. The predicted molar refractivity (Wildman–Crippen MR) is 102 cm³/mol. The summed E-state index contributed by atoms with van der Waals surface area (Å²) in [5, 5.41) is 2.92.